The first-order valence-electron chi connectivity index (χ1n) is 7.51. The number of rotatable bonds is 3. The highest BCUT2D eigenvalue weighted by atomic mass is 32.1. The van der Waals surface area contributed by atoms with Crippen molar-refractivity contribution in [3.05, 3.63) is 40.9 Å². The van der Waals surface area contributed by atoms with Crippen LogP contribution in [0, 0.1) is 0 Å². The lowest BCUT2D eigenvalue weighted by atomic mass is 10.1. The van der Waals surface area contributed by atoms with Crippen molar-refractivity contribution in [3.8, 4) is 10.6 Å². The summed E-state index contributed by atoms with van der Waals surface area (Å²) in [6, 6.07) is 3.95. The van der Waals surface area contributed by atoms with Crippen LogP contribution in [0.15, 0.2) is 29.6 Å². The van der Waals surface area contributed by atoms with Gasteiger partial charge in [-0.1, -0.05) is 12.1 Å². The minimum atomic E-state index is -4.40. The second-order valence-corrected chi connectivity index (χ2v) is 6.53. The largest absolute Gasteiger partial charge is 0.416 e. The maximum Gasteiger partial charge on any atom is 0.416 e. The molecule has 9 heteroatoms. The molecule has 1 saturated heterocycles. The van der Waals surface area contributed by atoms with Gasteiger partial charge in [-0.15, -0.1) is 11.3 Å². The predicted molar refractivity (Wildman–Crippen MR) is 85.8 cm³/mol. The Bertz CT molecular complexity index is 802. The normalized spacial score (nSPS) is 17.7. The van der Waals surface area contributed by atoms with Crippen molar-refractivity contribution in [2.24, 2.45) is 5.73 Å². The fraction of sp³-hybridized carbons (Fsp3) is 0.312. The summed E-state index contributed by atoms with van der Waals surface area (Å²) in [6.45, 7) is 0.430. The van der Waals surface area contributed by atoms with Gasteiger partial charge < -0.3 is 10.6 Å². The number of thiazole rings is 1. The van der Waals surface area contributed by atoms with Crippen molar-refractivity contribution >= 4 is 23.2 Å². The number of halogens is 3. The van der Waals surface area contributed by atoms with E-state index in [1.54, 1.807) is 0 Å². The van der Waals surface area contributed by atoms with Crippen molar-refractivity contribution in [2.75, 3.05) is 6.54 Å². The second kappa shape index (κ2) is 6.47. The SMILES string of the molecule is NC(=O)[C@@H]1CCCN1C(=O)c1csc(-c2ccc(C(F)(F)F)cc2)n1. The first kappa shape index (κ1) is 17.4. The Balaban J connectivity index is 1.80. The number of alkyl halides is 3. The zero-order valence-electron chi connectivity index (χ0n) is 12.9. The average molecular weight is 369 g/mol. The standard InChI is InChI=1S/C16H14F3N3O2S/c17-16(18,19)10-5-3-9(4-6-10)14-21-11(8-25-14)15(24)22-7-1-2-12(22)13(20)23/h3-6,8,12H,1-2,7H2,(H2,20,23)/t12-/m0/s1. The van der Waals surface area contributed by atoms with Crippen LogP contribution in [0.3, 0.4) is 0 Å². The van der Waals surface area contributed by atoms with E-state index in [2.05, 4.69) is 4.98 Å². The number of likely N-dealkylation sites (tertiary alicyclic amines) is 1. The van der Waals surface area contributed by atoms with E-state index in [9.17, 15) is 22.8 Å². The van der Waals surface area contributed by atoms with E-state index in [1.165, 1.54) is 22.4 Å². The van der Waals surface area contributed by atoms with Crippen molar-refractivity contribution in [2.45, 2.75) is 25.1 Å². The van der Waals surface area contributed by atoms with Crippen LogP contribution in [0.2, 0.25) is 0 Å². The lowest BCUT2D eigenvalue weighted by molar-refractivity contribution is -0.137. The summed E-state index contributed by atoms with van der Waals surface area (Å²) < 4.78 is 37.8. The molecule has 1 atom stereocenters. The number of nitrogens with zero attached hydrogens (tertiary/aromatic N) is 2. The van der Waals surface area contributed by atoms with Gasteiger partial charge in [-0.3, -0.25) is 9.59 Å². The van der Waals surface area contributed by atoms with E-state index in [1.807, 2.05) is 0 Å². The molecule has 1 aromatic carbocycles. The van der Waals surface area contributed by atoms with E-state index >= 15 is 0 Å². The Morgan fingerprint density at radius 3 is 2.52 bits per heavy atom. The molecule has 1 aliphatic heterocycles. The van der Waals surface area contributed by atoms with Crippen LogP contribution in [-0.2, 0) is 11.0 Å². The quantitative estimate of drug-likeness (QED) is 0.904. The monoisotopic (exact) mass is 369 g/mol. The van der Waals surface area contributed by atoms with Crippen LogP contribution < -0.4 is 5.73 Å². The van der Waals surface area contributed by atoms with Crippen LogP contribution >= 0.6 is 11.3 Å². The Hall–Kier alpha value is -2.42. The Labute approximate surface area is 145 Å². The van der Waals surface area contributed by atoms with Gasteiger partial charge >= 0.3 is 6.18 Å². The summed E-state index contributed by atoms with van der Waals surface area (Å²) in [5.74, 6) is -0.945. The van der Waals surface area contributed by atoms with Gasteiger partial charge in [0.05, 0.1) is 5.56 Å². The van der Waals surface area contributed by atoms with E-state index in [4.69, 9.17) is 5.73 Å². The van der Waals surface area contributed by atoms with Crippen LogP contribution in [0.1, 0.15) is 28.9 Å². The molecule has 0 spiro atoms. The first-order chi connectivity index (χ1) is 11.8. The number of aromatic nitrogens is 1. The molecular weight excluding hydrogens is 355 g/mol. The number of hydrogen-bond donors (Lipinski definition) is 1. The number of benzene rings is 1. The molecule has 5 nitrogen and oxygen atoms in total. The maximum atomic E-state index is 12.6. The summed E-state index contributed by atoms with van der Waals surface area (Å²) in [4.78, 5) is 29.5. The van der Waals surface area contributed by atoms with Gasteiger partial charge in [0.1, 0.15) is 16.7 Å². The predicted octanol–water partition coefficient (Wildman–Crippen LogP) is 2.92. The van der Waals surface area contributed by atoms with E-state index < -0.39 is 29.6 Å². The highest BCUT2D eigenvalue weighted by Gasteiger charge is 2.34. The summed E-state index contributed by atoms with van der Waals surface area (Å²) in [5.41, 5.74) is 5.21. The summed E-state index contributed by atoms with van der Waals surface area (Å²) >= 11 is 1.16. The van der Waals surface area contributed by atoms with E-state index in [-0.39, 0.29) is 5.69 Å². The third-order valence-corrected chi connectivity index (χ3v) is 4.92. The van der Waals surface area contributed by atoms with Crippen LogP contribution in [-0.4, -0.2) is 34.3 Å². The molecule has 0 unspecified atom stereocenters. The van der Waals surface area contributed by atoms with E-state index in [0.29, 0.717) is 30.0 Å². The first-order valence-corrected chi connectivity index (χ1v) is 8.39. The molecule has 1 aromatic heterocycles. The van der Waals surface area contributed by atoms with Gasteiger partial charge in [0, 0.05) is 17.5 Å². The van der Waals surface area contributed by atoms with Crippen molar-refractivity contribution < 1.29 is 22.8 Å². The fourth-order valence-electron chi connectivity index (χ4n) is 2.76. The van der Waals surface area contributed by atoms with Crippen LogP contribution in [0.25, 0.3) is 10.6 Å². The molecule has 2 N–H and O–H groups in total. The molecule has 2 heterocycles. The number of primary amides is 1. The van der Waals surface area contributed by atoms with Gasteiger partial charge in [-0.25, -0.2) is 4.98 Å². The van der Waals surface area contributed by atoms with Gasteiger partial charge in [0.2, 0.25) is 5.91 Å². The molecule has 3 rings (SSSR count). The zero-order valence-corrected chi connectivity index (χ0v) is 13.7. The maximum absolute atomic E-state index is 12.6. The molecule has 0 saturated carbocycles. The second-order valence-electron chi connectivity index (χ2n) is 5.67. The number of carbonyl (C=O) groups excluding carboxylic acids is 2. The van der Waals surface area contributed by atoms with Crippen LogP contribution in [0.5, 0.6) is 0 Å². The topological polar surface area (TPSA) is 76.3 Å². The highest BCUT2D eigenvalue weighted by molar-refractivity contribution is 7.13. The Morgan fingerprint density at radius 2 is 1.92 bits per heavy atom. The number of hydrogen-bond acceptors (Lipinski definition) is 4. The van der Waals surface area contributed by atoms with Gasteiger partial charge in [-0.05, 0) is 25.0 Å². The summed E-state index contributed by atoms with van der Waals surface area (Å²) in [5, 5.41) is 1.97. The molecule has 1 aliphatic rings. The smallest absolute Gasteiger partial charge is 0.368 e. The minimum Gasteiger partial charge on any atom is -0.368 e. The van der Waals surface area contributed by atoms with E-state index in [0.717, 1.165) is 23.5 Å². The molecule has 25 heavy (non-hydrogen) atoms. The highest BCUT2D eigenvalue weighted by Crippen LogP contribution is 2.32. The van der Waals surface area contributed by atoms with Crippen molar-refractivity contribution in [1.29, 1.82) is 0 Å². The van der Waals surface area contributed by atoms with Crippen molar-refractivity contribution in [3.63, 3.8) is 0 Å². The molecular formula is C16H14F3N3O2S. The lowest BCUT2D eigenvalue weighted by Gasteiger charge is -2.20. The third-order valence-electron chi connectivity index (χ3n) is 4.02. The van der Waals surface area contributed by atoms with Gasteiger partial charge in [-0.2, -0.15) is 13.2 Å². The molecule has 132 valence electrons. The molecule has 0 radical (unpaired) electrons. The lowest BCUT2D eigenvalue weighted by Crippen LogP contribution is -2.43. The molecule has 2 aromatic rings. The fourth-order valence-corrected chi connectivity index (χ4v) is 3.56. The average Bonchev–Trinajstić information content (AvgIpc) is 3.23. The Morgan fingerprint density at radius 1 is 1.24 bits per heavy atom. The number of carbonyl (C=O) groups is 2. The van der Waals surface area contributed by atoms with Gasteiger partial charge in [0.15, 0.2) is 0 Å². The minimum absolute atomic E-state index is 0.160. The Kier molecular flexibility index (Phi) is 4.51. The van der Waals surface area contributed by atoms with Crippen molar-refractivity contribution in [1.82, 2.24) is 9.88 Å². The third kappa shape index (κ3) is 3.51. The molecule has 2 amide bonds. The molecule has 0 bridgehead atoms. The molecule has 1 fully saturated rings. The number of nitrogens with two attached hydrogens (primary N) is 1. The number of amides is 2. The molecule has 0 aliphatic carbocycles. The van der Waals surface area contributed by atoms with Crippen LogP contribution in [0.4, 0.5) is 13.2 Å². The zero-order chi connectivity index (χ0) is 18.2. The van der Waals surface area contributed by atoms with Gasteiger partial charge in [0.25, 0.3) is 5.91 Å². The summed E-state index contributed by atoms with van der Waals surface area (Å²) in [6.07, 6.45) is -3.19. The summed E-state index contributed by atoms with van der Waals surface area (Å²) in [7, 11) is 0.